The van der Waals surface area contributed by atoms with E-state index >= 15 is 0 Å². The molecular weight excluding hydrogens is 378 g/mol. The van der Waals surface area contributed by atoms with Gasteiger partial charge in [-0.25, -0.2) is 0 Å². The minimum Gasteiger partial charge on any atom is -0.492 e. The number of likely N-dealkylation sites (tertiary alicyclic amines) is 1. The molecule has 0 atom stereocenters. The molecule has 3 aromatic rings. The van der Waals surface area contributed by atoms with Crippen LogP contribution in [0.1, 0.15) is 49.3 Å². The zero-order chi connectivity index (χ0) is 21.3. The largest absolute Gasteiger partial charge is 0.492 e. The Bertz CT molecular complexity index is 955. The van der Waals surface area contributed by atoms with Crippen molar-refractivity contribution < 1.29 is 4.74 Å². The van der Waals surface area contributed by atoms with Gasteiger partial charge in [-0.15, -0.1) is 0 Å². The summed E-state index contributed by atoms with van der Waals surface area (Å²) in [5.41, 5.74) is 6.43. The fourth-order valence-corrected chi connectivity index (χ4v) is 4.48. The van der Waals surface area contributed by atoms with Gasteiger partial charge >= 0.3 is 0 Å². The minimum absolute atomic E-state index is 0.755. The molecule has 0 aromatic heterocycles. The van der Waals surface area contributed by atoms with E-state index in [1.165, 1.54) is 60.2 Å². The average molecular weight is 412 g/mol. The SMILES string of the molecule is CC/C(=C(\c1ccccc1)c1ccc(OCCN2CCCCC2)cc1)c1ccccc1. The van der Waals surface area contributed by atoms with Crippen molar-refractivity contribution in [2.75, 3.05) is 26.2 Å². The van der Waals surface area contributed by atoms with Crippen molar-refractivity contribution in [1.82, 2.24) is 4.90 Å². The molecule has 0 radical (unpaired) electrons. The van der Waals surface area contributed by atoms with Crippen LogP contribution in [0, 0.1) is 0 Å². The van der Waals surface area contributed by atoms with Gasteiger partial charge < -0.3 is 4.74 Å². The first-order valence-corrected chi connectivity index (χ1v) is 11.6. The Hall–Kier alpha value is -2.84. The molecular formula is C29H33NO. The molecule has 31 heavy (non-hydrogen) atoms. The number of hydrogen-bond acceptors (Lipinski definition) is 2. The van der Waals surface area contributed by atoms with Gasteiger partial charge in [0.2, 0.25) is 0 Å². The highest BCUT2D eigenvalue weighted by Gasteiger charge is 2.13. The second-order valence-corrected chi connectivity index (χ2v) is 8.21. The van der Waals surface area contributed by atoms with Crippen LogP contribution in [0.25, 0.3) is 11.1 Å². The quantitative estimate of drug-likeness (QED) is 0.373. The number of allylic oxidation sites excluding steroid dienone is 1. The van der Waals surface area contributed by atoms with E-state index in [9.17, 15) is 0 Å². The third kappa shape index (κ3) is 5.65. The molecule has 1 fully saturated rings. The van der Waals surface area contributed by atoms with Gasteiger partial charge in [-0.05, 0) is 72.3 Å². The number of nitrogens with zero attached hydrogens (tertiary/aromatic N) is 1. The molecule has 0 spiro atoms. The van der Waals surface area contributed by atoms with Crippen LogP contribution in [0.3, 0.4) is 0 Å². The lowest BCUT2D eigenvalue weighted by Crippen LogP contribution is -2.33. The lowest BCUT2D eigenvalue weighted by atomic mass is 9.88. The number of rotatable bonds is 8. The number of benzene rings is 3. The van der Waals surface area contributed by atoms with Crippen LogP contribution in [0.2, 0.25) is 0 Å². The van der Waals surface area contributed by atoms with Gasteiger partial charge in [0, 0.05) is 6.54 Å². The third-order valence-electron chi connectivity index (χ3n) is 6.11. The molecule has 2 heteroatoms. The van der Waals surface area contributed by atoms with E-state index in [0.29, 0.717) is 0 Å². The Balaban J connectivity index is 1.56. The van der Waals surface area contributed by atoms with Crippen LogP contribution >= 0.6 is 0 Å². The van der Waals surface area contributed by atoms with Gasteiger partial charge in [0.25, 0.3) is 0 Å². The lowest BCUT2D eigenvalue weighted by molar-refractivity contribution is 0.183. The number of piperidine rings is 1. The topological polar surface area (TPSA) is 12.5 Å². The van der Waals surface area contributed by atoms with Crippen LogP contribution in [0.5, 0.6) is 5.75 Å². The van der Waals surface area contributed by atoms with Crippen LogP contribution in [-0.2, 0) is 0 Å². The summed E-state index contributed by atoms with van der Waals surface area (Å²) < 4.78 is 6.06. The van der Waals surface area contributed by atoms with Gasteiger partial charge in [0.15, 0.2) is 0 Å². The summed E-state index contributed by atoms with van der Waals surface area (Å²) in [5, 5.41) is 0. The molecule has 0 saturated carbocycles. The molecule has 0 amide bonds. The van der Waals surface area contributed by atoms with Crippen molar-refractivity contribution in [3.05, 3.63) is 102 Å². The molecule has 1 aliphatic heterocycles. The van der Waals surface area contributed by atoms with Gasteiger partial charge in [0.05, 0.1) is 0 Å². The Kier molecular flexibility index (Phi) is 7.57. The highest BCUT2D eigenvalue weighted by Crippen LogP contribution is 2.34. The van der Waals surface area contributed by atoms with E-state index in [2.05, 4.69) is 96.8 Å². The maximum Gasteiger partial charge on any atom is 0.119 e. The second kappa shape index (κ2) is 11.0. The van der Waals surface area contributed by atoms with Crippen molar-refractivity contribution in [3.8, 4) is 5.75 Å². The molecule has 0 unspecified atom stereocenters. The molecule has 0 bridgehead atoms. The highest BCUT2D eigenvalue weighted by atomic mass is 16.5. The average Bonchev–Trinajstić information content (AvgIpc) is 2.85. The van der Waals surface area contributed by atoms with Gasteiger partial charge in [-0.1, -0.05) is 86.1 Å². The van der Waals surface area contributed by atoms with Crippen molar-refractivity contribution in [1.29, 1.82) is 0 Å². The predicted octanol–water partition coefficient (Wildman–Crippen LogP) is 6.92. The summed E-state index contributed by atoms with van der Waals surface area (Å²) in [7, 11) is 0. The summed E-state index contributed by atoms with van der Waals surface area (Å²) in [5.74, 6) is 0.950. The number of ether oxygens (including phenoxy) is 1. The van der Waals surface area contributed by atoms with E-state index in [4.69, 9.17) is 4.74 Å². The highest BCUT2D eigenvalue weighted by molar-refractivity contribution is 5.98. The summed E-state index contributed by atoms with van der Waals surface area (Å²) in [6.07, 6.45) is 5.00. The van der Waals surface area contributed by atoms with E-state index in [-0.39, 0.29) is 0 Å². The van der Waals surface area contributed by atoms with E-state index in [0.717, 1.165) is 25.3 Å². The standard InChI is InChI=1S/C29H33NO/c1-2-28(24-12-6-3-7-13-24)29(25-14-8-4-9-15-25)26-16-18-27(19-17-26)31-23-22-30-20-10-5-11-21-30/h3-4,6-9,12-19H,2,5,10-11,20-23H2,1H3/b29-28-. The van der Waals surface area contributed by atoms with Crippen molar-refractivity contribution in [3.63, 3.8) is 0 Å². The Morgan fingerprint density at radius 2 is 1.29 bits per heavy atom. The molecule has 0 aliphatic carbocycles. The normalized spacial score (nSPS) is 15.4. The van der Waals surface area contributed by atoms with Gasteiger partial charge in [0.1, 0.15) is 12.4 Å². The van der Waals surface area contributed by atoms with E-state index in [1.807, 2.05) is 0 Å². The molecule has 160 valence electrons. The van der Waals surface area contributed by atoms with E-state index < -0.39 is 0 Å². The third-order valence-corrected chi connectivity index (χ3v) is 6.11. The summed E-state index contributed by atoms with van der Waals surface area (Å²) in [4.78, 5) is 2.52. The van der Waals surface area contributed by atoms with Crippen molar-refractivity contribution in [2.24, 2.45) is 0 Å². The molecule has 1 saturated heterocycles. The molecule has 3 aromatic carbocycles. The molecule has 0 N–H and O–H groups in total. The maximum absolute atomic E-state index is 6.06. The zero-order valence-corrected chi connectivity index (χ0v) is 18.6. The first-order chi connectivity index (χ1) is 15.3. The van der Waals surface area contributed by atoms with Crippen LogP contribution < -0.4 is 4.74 Å². The lowest BCUT2D eigenvalue weighted by Gasteiger charge is -2.26. The van der Waals surface area contributed by atoms with Crippen molar-refractivity contribution >= 4 is 11.1 Å². The fourth-order valence-electron chi connectivity index (χ4n) is 4.48. The second-order valence-electron chi connectivity index (χ2n) is 8.21. The molecule has 4 rings (SSSR count). The molecule has 1 aliphatic rings. The fraction of sp³-hybridized carbons (Fsp3) is 0.310. The van der Waals surface area contributed by atoms with Gasteiger partial charge in [-0.2, -0.15) is 0 Å². The molecule has 1 heterocycles. The summed E-state index contributed by atoms with van der Waals surface area (Å²) in [6.45, 7) is 6.44. The molecule has 2 nitrogen and oxygen atoms in total. The summed E-state index contributed by atoms with van der Waals surface area (Å²) in [6, 6.07) is 30.1. The predicted molar refractivity (Wildman–Crippen MR) is 131 cm³/mol. The summed E-state index contributed by atoms with van der Waals surface area (Å²) >= 11 is 0. The van der Waals surface area contributed by atoms with Crippen LogP contribution in [-0.4, -0.2) is 31.1 Å². The van der Waals surface area contributed by atoms with Crippen LogP contribution in [0.4, 0.5) is 0 Å². The smallest absolute Gasteiger partial charge is 0.119 e. The first kappa shape index (κ1) is 21.4. The minimum atomic E-state index is 0.755. The van der Waals surface area contributed by atoms with Crippen LogP contribution in [0.15, 0.2) is 84.9 Å². The van der Waals surface area contributed by atoms with E-state index in [1.54, 1.807) is 0 Å². The van der Waals surface area contributed by atoms with Crippen molar-refractivity contribution in [2.45, 2.75) is 32.6 Å². The number of hydrogen-bond donors (Lipinski definition) is 0. The first-order valence-electron chi connectivity index (χ1n) is 11.6. The Labute approximate surface area is 187 Å². The monoisotopic (exact) mass is 411 g/mol. The van der Waals surface area contributed by atoms with Gasteiger partial charge in [-0.3, -0.25) is 4.90 Å². The zero-order valence-electron chi connectivity index (χ0n) is 18.6. The Morgan fingerprint density at radius 1 is 0.710 bits per heavy atom. The maximum atomic E-state index is 6.06. The Morgan fingerprint density at radius 3 is 1.90 bits per heavy atom.